The van der Waals surface area contributed by atoms with Crippen molar-refractivity contribution in [3.63, 3.8) is 0 Å². The second kappa shape index (κ2) is 6.53. The molecule has 1 aromatic heterocycles. The van der Waals surface area contributed by atoms with E-state index in [0.717, 1.165) is 16.8 Å². The third-order valence-corrected chi connectivity index (χ3v) is 3.22. The number of ether oxygens (including phenoxy) is 1. The molecule has 1 heterocycles. The maximum absolute atomic E-state index is 9.34. The summed E-state index contributed by atoms with van der Waals surface area (Å²) in [5, 5.41) is 9.34. The van der Waals surface area contributed by atoms with Gasteiger partial charge in [-0.3, -0.25) is 0 Å². The zero-order chi connectivity index (χ0) is 14.5. The molecule has 1 N–H and O–H groups in total. The number of pyridine rings is 1. The molecule has 0 aliphatic carbocycles. The summed E-state index contributed by atoms with van der Waals surface area (Å²) >= 11 is 0. The molecule has 0 amide bonds. The highest BCUT2D eigenvalue weighted by atomic mass is 16.5. The van der Waals surface area contributed by atoms with E-state index in [9.17, 15) is 5.11 Å². The summed E-state index contributed by atoms with van der Waals surface area (Å²) in [4.78, 5) is 4.51. The number of aliphatic hydroxyl groups excluding tert-OH is 1. The van der Waals surface area contributed by atoms with Crippen LogP contribution in [0.4, 0.5) is 0 Å². The van der Waals surface area contributed by atoms with E-state index in [2.05, 4.69) is 18.8 Å². The molecule has 0 saturated heterocycles. The molecule has 3 nitrogen and oxygen atoms in total. The Morgan fingerprint density at radius 1 is 1.10 bits per heavy atom. The lowest BCUT2D eigenvalue weighted by molar-refractivity contribution is 0.215. The predicted octanol–water partition coefficient (Wildman–Crippen LogP) is 3.84. The second-order valence-corrected chi connectivity index (χ2v) is 5.22. The fourth-order valence-corrected chi connectivity index (χ4v) is 2.00. The Morgan fingerprint density at radius 2 is 1.80 bits per heavy atom. The largest absolute Gasteiger partial charge is 0.470 e. The number of aliphatic hydroxyl groups is 1. The molecule has 3 heteroatoms. The minimum absolute atomic E-state index is 0.00167. The minimum Gasteiger partial charge on any atom is -0.470 e. The van der Waals surface area contributed by atoms with Crippen molar-refractivity contribution in [3.05, 3.63) is 59.3 Å². The molecule has 2 aromatic rings. The van der Waals surface area contributed by atoms with Crippen molar-refractivity contribution < 1.29 is 9.84 Å². The van der Waals surface area contributed by atoms with Crippen LogP contribution in [0, 0.1) is 0 Å². The molecular weight excluding hydrogens is 250 g/mol. The first kappa shape index (κ1) is 14.5. The van der Waals surface area contributed by atoms with Crippen LogP contribution in [0.1, 0.15) is 49.6 Å². The van der Waals surface area contributed by atoms with Gasteiger partial charge >= 0.3 is 0 Å². The van der Waals surface area contributed by atoms with Gasteiger partial charge in [0.25, 0.3) is 0 Å². The number of hydrogen-bond donors (Lipinski definition) is 1. The molecule has 0 saturated carbocycles. The van der Waals surface area contributed by atoms with Crippen LogP contribution >= 0.6 is 0 Å². The number of hydrogen-bond acceptors (Lipinski definition) is 3. The predicted molar refractivity (Wildman–Crippen MR) is 79.7 cm³/mol. The first-order chi connectivity index (χ1) is 9.60. The topological polar surface area (TPSA) is 42.4 Å². The summed E-state index contributed by atoms with van der Waals surface area (Å²) < 4.78 is 5.91. The van der Waals surface area contributed by atoms with Crippen molar-refractivity contribution in [1.29, 1.82) is 0 Å². The maximum atomic E-state index is 9.34. The van der Waals surface area contributed by atoms with Crippen LogP contribution < -0.4 is 4.74 Å². The molecular formula is C17H21NO2. The van der Waals surface area contributed by atoms with Gasteiger partial charge in [0, 0.05) is 11.8 Å². The molecule has 2 rings (SSSR count). The molecule has 20 heavy (non-hydrogen) atoms. The van der Waals surface area contributed by atoms with Crippen molar-refractivity contribution in [2.24, 2.45) is 0 Å². The van der Waals surface area contributed by atoms with Crippen molar-refractivity contribution in [2.45, 2.75) is 39.4 Å². The Kier molecular flexibility index (Phi) is 4.74. The van der Waals surface area contributed by atoms with Crippen molar-refractivity contribution >= 4 is 0 Å². The highest BCUT2D eigenvalue weighted by molar-refractivity contribution is 5.27. The van der Waals surface area contributed by atoms with E-state index < -0.39 is 0 Å². The van der Waals surface area contributed by atoms with Gasteiger partial charge in [0.15, 0.2) is 0 Å². The summed E-state index contributed by atoms with van der Waals surface area (Å²) in [7, 11) is 0. The summed E-state index contributed by atoms with van der Waals surface area (Å²) in [6, 6.07) is 13.8. The molecule has 1 aromatic carbocycles. The third-order valence-electron chi connectivity index (χ3n) is 3.22. The van der Waals surface area contributed by atoms with E-state index in [1.807, 2.05) is 43.3 Å². The lowest BCUT2D eigenvalue weighted by Gasteiger charge is -2.16. The third kappa shape index (κ3) is 3.58. The van der Waals surface area contributed by atoms with Gasteiger partial charge in [-0.05, 0) is 30.0 Å². The summed E-state index contributed by atoms with van der Waals surface area (Å²) in [6.45, 7) is 6.15. The zero-order valence-electron chi connectivity index (χ0n) is 12.2. The van der Waals surface area contributed by atoms with Crippen LogP contribution in [0.15, 0.2) is 42.5 Å². The lowest BCUT2D eigenvalue weighted by atomic mass is 10.1. The Bertz CT molecular complexity index is 552. The number of benzene rings is 1. The van der Waals surface area contributed by atoms with Gasteiger partial charge in [0.2, 0.25) is 5.88 Å². The monoisotopic (exact) mass is 271 g/mol. The van der Waals surface area contributed by atoms with Gasteiger partial charge in [-0.15, -0.1) is 0 Å². The van der Waals surface area contributed by atoms with Crippen LogP contribution in [0.25, 0.3) is 0 Å². The Hall–Kier alpha value is -1.87. The summed E-state index contributed by atoms with van der Waals surface area (Å²) in [5.41, 5.74) is 2.88. The van der Waals surface area contributed by atoms with E-state index in [-0.39, 0.29) is 12.7 Å². The first-order valence-electron chi connectivity index (χ1n) is 6.93. The average molecular weight is 271 g/mol. The fourth-order valence-electron chi connectivity index (χ4n) is 2.00. The molecule has 1 atom stereocenters. The molecule has 0 aliphatic rings. The molecule has 1 unspecified atom stereocenters. The van der Waals surface area contributed by atoms with Crippen molar-refractivity contribution in [3.8, 4) is 5.88 Å². The molecule has 0 radical (unpaired) electrons. The Labute approximate surface area is 120 Å². The van der Waals surface area contributed by atoms with Gasteiger partial charge in [-0.25, -0.2) is 4.98 Å². The van der Waals surface area contributed by atoms with E-state index in [0.29, 0.717) is 11.8 Å². The normalized spacial score (nSPS) is 12.4. The fraction of sp³-hybridized carbons (Fsp3) is 0.353. The van der Waals surface area contributed by atoms with Gasteiger partial charge < -0.3 is 9.84 Å². The number of aromatic nitrogens is 1. The highest BCUT2D eigenvalue weighted by Crippen LogP contribution is 2.24. The van der Waals surface area contributed by atoms with Gasteiger partial charge in [-0.1, -0.05) is 44.2 Å². The Balaban J connectivity index is 2.22. The minimum atomic E-state index is -0.0716. The van der Waals surface area contributed by atoms with Crippen molar-refractivity contribution in [1.82, 2.24) is 4.98 Å². The van der Waals surface area contributed by atoms with Crippen LogP contribution in [0.5, 0.6) is 5.88 Å². The van der Waals surface area contributed by atoms with Gasteiger partial charge in [-0.2, -0.15) is 0 Å². The molecule has 106 valence electrons. The molecule has 0 spiro atoms. The number of rotatable bonds is 5. The van der Waals surface area contributed by atoms with Crippen LogP contribution in [-0.2, 0) is 6.61 Å². The van der Waals surface area contributed by atoms with Gasteiger partial charge in [0.05, 0.1) is 6.61 Å². The van der Waals surface area contributed by atoms with E-state index >= 15 is 0 Å². The number of nitrogens with zero attached hydrogens (tertiary/aromatic N) is 1. The molecule has 0 aliphatic heterocycles. The van der Waals surface area contributed by atoms with E-state index in [1.54, 1.807) is 6.07 Å². The Morgan fingerprint density at radius 3 is 2.40 bits per heavy atom. The summed E-state index contributed by atoms with van der Waals surface area (Å²) in [5.74, 6) is 0.868. The van der Waals surface area contributed by atoms with Crippen LogP contribution in [-0.4, -0.2) is 10.1 Å². The molecule has 0 bridgehead atoms. The second-order valence-electron chi connectivity index (χ2n) is 5.22. The standard InChI is InChI=1S/C17H21NO2/c1-12(2)16-9-14(11-19)10-17(18-16)20-13(3)15-7-5-4-6-8-15/h4-10,12-13,19H,11H2,1-3H3. The van der Waals surface area contributed by atoms with Gasteiger partial charge in [0.1, 0.15) is 6.10 Å². The quantitative estimate of drug-likeness (QED) is 0.898. The van der Waals surface area contributed by atoms with E-state index in [1.165, 1.54) is 0 Å². The van der Waals surface area contributed by atoms with E-state index in [4.69, 9.17) is 4.74 Å². The first-order valence-corrected chi connectivity index (χ1v) is 6.93. The van der Waals surface area contributed by atoms with Crippen molar-refractivity contribution in [2.75, 3.05) is 0 Å². The summed E-state index contributed by atoms with van der Waals surface area (Å²) in [6.07, 6.45) is -0.0716. The molecule has 0 fully saturated rings. The average Bonchev–Trinajstić information content (AvgIpc) is 2.47. The maximum Gasteiger partial charge on any atom is 0.214 e. The lowest BCUT2D eigenvalue weighted by Crippen LogP contribution is -2.06. The smallest absolute Gasteiger partial charge is 0.214 e. The zero-order valence-corrected chi connectivity index (χ0v) is 12.2. The highest BCUT2D eigenvalue weighted by Gasteiger charge is 2.11. The van der Waals surface area contributed by atoms with Crippen LogP contribution in [0.2, 0.25) is 0 Å². The van der Waals surface area contributed by atoms with Crippen LogP contribution in [0.3, 0.4) is 0 Å². The SMILES string of the molecule is CC(C)c1cc(CO)cc(OC(C)c2ccccc2)n1.